The molecule has 0 rings (SSSR count). The molecule has 0 aromatic rings. The summed E-state index contributed by atoms with van der Waals surface area (Å²) >= 11 is 0.705. The first kappa shape index (κ1) is 12.3. The second kappa shape index (κ2) is 5.88. The number of aliphatic hydroxyl groups is 1. The zero-order valence-electron chi connectivity index (χ0n) is 7.93. The van der Waals surface area contributed by atoms with Crippen LogP contribution in [0.5, 0.6) is 0 Å². The summed E-state index contributed by atoms with van der Waals surface area (Å²) in [5.41, 5.74) is 0.180. The predicted molar refractivity (Wildman–Crippen MR) is 43.9 cm³/mol. The monoisotopic (exact) mass is 284 g/mol. The molecule has 0 aromatic carbocycles. The number of aliphatic hydroxyl groups excluding tert-OH is 1. The van der Waals surface area contributed by atoms with E-state index in [9.17, 15) is 5.11 Å². The summed E-state index contributed by atoms with van der Waals surface area (Å²) in [5.74, 6) is 0. The van der Waals surface area contributed by atoms with E-state index in [-0.39, 0.29) is 7.10 Å². The van der Waals surface area contributed by atoms with Crippen molar-refractivity contribution in [1.29, 1.82) is 0 Å². The third-order valence-electron chi connectivity index (χ3n) is 2.23. The molecule has 64 valence electrons. The van der Waals surface area contributed by atoms with Crippen LogP contribution >= 0.6 is 0 Å². The Morgan fingerprint density at radius 1 is 1.36 bits per heavy atom. The molecule has 0 saturated carbocycles. The Balaban J connectivity index is 3.55. The predicted octanol–water partition coefficient (Wildman–Crippen LogP) is 2.46. The maximum absolute atomic E-state index is 9.45. The molecule has 1 unspecified atom stereocenters. The average Bonchev–Trinajstić information content (AvgIpc) is 1.88. The van der Waals surface area contributed by atoms with Gasteiger partial charge in [-0.05, 0) is 0 Å². The molecule has 11 heavy (non-hydrogen) atoms. The SMILES string of the molecule is CCCCCC(C)(C)[CH](O)[Pr]. The van der Waals surface area contributed by atoms with Gasteiger partial charge in [0.1, 0.15) is 0 Å². The van der Waals surface area contributed by atoms with Crippen LogP contribution in [0, 0.1) is 44.6 Å². The van der Waals surface area contributed by atoms with E-state index in [0.717, 1.165) is 0 Å². The van der Waals surface area contributed by atoms with Crippen molar-refractivity contribution in [1.82, 2.24) is 0 Å². The van der Waals surface area contributed by atoms with E-state index in [1.54, 1.807) is 0 Å². The summed E-state index contributed by atoms with van der Waals surface area (Å²) in [6.45, 7) is 6.56. The first-order valence-electron chi connectivity index (χ1n) is 4.44. The van der Waals surface area contributed by atoms with Crippen LogP contribution in [0.25, 0.3) is 0 Å². The zero-order valence-corrected chi connectivity index (χ0v) is 11.6. The minimum absolute atomic E-state index is 0.0145. The van der Waals surface area contributed by atoms with Gasteiger partial charge in [0, 0.05) is 0 Å². The third-order valence-corrected chi connectivity index (χ3v) is 5.12. The van der Waals surface area contributed by atoms with Gasteiger partial charge >= 0.3 is 97.9 Å². The first-order valence-corrected chi connectivity index (χ1v) is 6.58. The minimum atomic E-state index is -0.0145. The van der Waals surface area contributed by atoms with Gasteiger partial charge in [-0.3, -0.25) is 0 Å². The topological polar surface area (TPSA) is 20.2 Å². The maximum atomic E-state index is 9.45. The molecule has 0 saturated heterocycles. The molecule has 0 heterocycles. The van der Waals surface area contributed by atoms with Crippen LogP contribution in [-0.4, -0.2) is 6.79 Å². The first-order chi connectivity index (χ1) is 5.00. The Bertz CT molecular complexity index is 99.7. The van der Waals surface area contributed by atoms with Crippen LogP contribution in [0.3, 0.4) is 0 Å². The van der Waals surface area contributed by atoms with Crippen LogP contribution < -0.4 is 0 Å². The van der Waals surface area contributed by atoms with Gasteiger partial charge < -0.3 is 0 Å². The Morgan fingerprint density at radius 3 is 2.27 bits per heavy atom. The summed E-state index contributed by atoms with van der Waals surface area (Å²) in [4.78, 5) is 0. The summed E-state index contributed by atoms with van der Waals surface area (Å²) in [6.07, 6.45) is 5.03. The Hall–Kier alpha value is 1.32. The van der Waals surface area contributed by atoms with Gasteiger partial charge in [0.05, 0.1) is 0 Å². The standard InChI is InChI=1S/C9H19O.Pr/c1-4-5-6-7-9(2,3)8-10;/h8,10H,4-7H2,1-3H3;. The molecular formula is C9H19OPr. The van der Waals surface area contributed by atoms with E-state index < -0.39 is 0 Å². The van der Waals surface area contributed by atoms with Crippen LogP contribution in [0.4, 0.5) is 0 Å². The van der Waals surface area contributed by atoms with Gasteiger partial charge in [0.15, 0.2) is 0 Å². The molecular weight excluding hydrogens is 265 g/mol. The van der Waals surface area contributed by atoms with Crippen LogP contribution in [0.15, 0.2) is 0 Å². The molecule has 0 radical (unpaired) electrons. The molecule has 0 bridgehead atoms. The second-order valence-corrected chi connectivity index (χ2v) is 5.92. The van der Waals surface area contributed by atoms with Crippen LogP contribution in [0.1, 0.15) is 46.5 Å². The number of hydrogen-bond donors (Lipinski definition) is 1. The normalized spacial score (nSPS) is 14.8. The summed E-state index contributed by atoms with van der Waals surface area (Å²) < 4.78 is -0.0145. The molecule has 0 aromatic heterocycles. The van der Waals surface area contributed by atoms with Crippen molar-refractivity contribution in [3.05, 3.63) is 0 Å². The fraction of sp³-hybridized carbons (Fsp3) is 1.00. The summed E-state index contributed by atoms with van der Waals surface area (Å²) in [6, 6.07) is 0. The molecule has 2 heteroatoms. The molecule has 0 amide bonds. The fourth-order valence-electron chi connectivity index (χ4n) is 0.978. The van der Waals surface area contributed by atoms with Gasteiger partial charge in [-0.2, -0.15) is 0 Å². The second-order valence-electron chi connectivity index (χ2n) is 3.89. The summed E-state index contributed by atoms with van der Waals surface area (Å²) in [7, 11) is 0. The van der Waals surface area contributed by atoms with Gasteiger partial charge in [0.25, 0.3) is 0 Å². The van der Waals surface area contributed by atoms with E-state index in [1.807, 2.05) is 0 Å². The molecule has 0 spiro atoms. The van der Waals surface area contributed by atoms with Crippen molar-refractivity contribution >= 4 is 0 Å². The van der Waals surface area contributed by atoms with Crippen molar-refractivity contribution in [2.75, 3.05) is 0 Å². The van der Waals surface area contributed by atoms with E-state index in [2.05, 4.69) is 20.8 Å². The number of rotatable bonds is 5. The molecule has 0 aliphatic rings. The molecule has 0 fully saturated rings. The van der Waals surface area contributed by atoms with Gasteiger partial charge in [0.2, 0.25) is 0 Å². The molecule has 0 aliphatic carbocycles. The van der Waals surface area contributed by atoms with Crippen molar-refractivity contribution in [2.24, 2.45) is 5.41 Å². The quantitative estimate of drug-likeness (QED) is 0.769. The Morgan fingerprint density at radius 2 is 1.91 bits per heavy atom. The van der Waals surface area contributed by atoms with Crippen molar-refractivity contribution in [3.63, 3.8) is 0 Å². The van der Waals surface area contributed by atoms with Crippen LogP contribution in [-0.2, 0) is 0 Å². The van der Waals surface area contributed by atoms with Gasteiger partial charge in [-0.1, -0.05) is 0 Å². The van der Waals surface area contributed by atoms with Gasteiger partial charge in [-0.15, -0.1) is 0 Å². The van der Waals surface area contributed by atoms with E-state index >= 15 is 0 Å². The fourth-order valence-corrected chi connectivity index (χ4v) is 1.51. The molecule has 0 aliphatic heterocycles. The summed E-state index contributed by atoms with van der Waals surface area (Å²) in [5, 5.41) is 9.45. The van der Waals surface area contributed by atoms with Crippen molar-refractivity contribution in [2.45, 2.75) is 48.1 Å². The van der Waals surface area contributed by atoms with E-state index in [4.69, 9.17) is 0 Å². The molecule has 1 nitrogen and oxygen atoms in total. The molecule has 1 N–H and O–H groups in total. The Kier molecular flexibility index (Phi) is 6.59. The number of hydrogen-bond acceptors (Lipinski definition) is 1. The zero-order chi connectivity index (χ0) is 8.91. The van der Waals surface area contributed by atoms with Crippen molar-refractivity contribution in [3.8, 4) is 0 Å². The number of unbranched alkanes of at least 4 members (excludes halogenated alkanes) is 2. The van der Waals surface area contributed by atoms with Crippen LogP contribution in [0.2, 0.25) is 0 Å². The van der Waals surface area contributed by atoms with E-state index in [0.29, 0.717) is 39.2 Å². The third kappa shape index (κ3) is 5.55. The van der Waals surface area contributed by atoms with Crippen molar-refractivity contribution < 1.29 is 44.3 Å². The van der Waals surface area contributed by atoms with Gasteiger partial charge in [-0.25, -0.2) is 0 Å². The average molecular weight is 284 g/mol. The Labute approximate surface area is 96.9 Å². The van der Waals surface area contributed by atoms with E-state index in [1.165, 1.54) is 25.7 Å². The molecule has 1 atom stereocenters.